The van der Waals surface area contributed by atoms with E-state index < -0.39 is 0 Å². The second-order valence-electron chi connectivity index (χ2n) is 6.43. The minimum absolute atomic E-state index is 0.655. The third-order valence-electron chi connectivity index (χ3n) is 5.39. The van der Waals surface area contributed by atoms with Crippen molar-refractivity contribution in [3.05, 3.63) is 18.1 Å². The van der Waals surface area contributed by atoms with Gasteiger partial charge < -0.3 is 5.43 Å². The summed E-state index contributed by atoms with van der Waals surface area (Å²) in [4.78, 5) is 8.92. The quantitative estimate of drug-likeness (QED) is 0.619. The van der Waals surface area contributed by atoms with Crippen LogP contribution in [0.15, 0.2) is 12.4 Å². The summed E-state index contributed by atoms with van der Waals surface area (Å²) in [5.74, 6) is 10.4. The van der Waals surface area contributed by atoms with Gasteiger partial charge in [-0.15, -0.1) is 0 Å². The normalized spacial score (nSPS) is 41.1. The molecular weight excluding hydrogens is 224 g/mol. The Morgan fingerprint density at radius 2 is 1.61 bits per heavy atom. The van der Waals surface area contributed by atoms with Crippen molar-refractivity contribution < 1.29 is 0 Å². The highest BCUT2D eigenvalue weighted by molar-refractivity contribution is 5.30. The molecular formula is C14H20N4. The summed E-state index contributed by atoms with van der Waals surface area (Å²) in [6, 6.07) is 0. The largest absolute Gasteiger partial charge is 0.307 e. The Labute approximate surface area is 107 Å². The monoisotopic (exact) mass is 244 g/mol. The van der Waals surface area contributed by atoms with Crippen LogP contribution >= 0.6 is 0 Å². The zero-order chi connectivity index (χ0) is 12.1. The van der Waals surface area contributed by atoms with Gasteiger partial charge in [-0.3, -0.25) is 4.98 Å². The van der Waals surface area contributed by atoms with Crippen LogP contribution in [0.25, 0.3) is 0 Å². The Morgan fingerprint density at radius 3 is 2.11 bits per heavy atom. The highest BCUT2D eigenvalue weighted by Crippen LogP contribution is 2.59. The molecule has 0 unspecified atom stereocenters. The molecule has 4 saturated carbocycles. The number of nitrogens with two attached hydrogens (primary N) is 1. The molecule has 1 aromatic heterocycles. The van der Waals surface area contributed by atoms with E-state index in [-0.39, 0.29) is 0 Å². The molecule has 1 heterocycles. The molecule has 4 nitrogen and oxygen atoms in total. The van der Waals surface area contributed by atoms with Gasteiger partial charge in [0.05, 0.1) is 18.1 Å². The number of nitrogens with zero attached hydrogens (tertiary/aromatic N) is 2. The molecule has 0 saturated heterocycles. The Balaban J connectivity index is 1.63. The number of nitrogen functional groups attached to an aromatic ring is 1. The molecule has 0 spiro atoms. The zero-order valence-electron chi connectivity index (χ0n) is 10.5. The first kappa shape index (κ1) is 10.7. The molecule has 18 heavy (non-hydrogen) atoms. The van der Waals surface area contributed by atoms with Crippen molar-refractivity contribution >= 4 is 5.82 Å². The van der Waals surface area contributed by atoms with Crippen LogP contribution < -0.4 is 11.3 Å². The van der Waals surface area contributed by atoms with Crippen molar-refractivity contribution in [2.75, 3.05) is 5.43 Å². The highest BCUT2D eigenvalue weighted by Gasteiger charge is 2.49. The van der Waals surface area contributed by atoms with Crippen LogP contribution in [0.5, 0.6) is 0 Å². The summed E-state index contributed by atoms with van der Waals surface area (Å²) in [5.41, 5.74) is 3.75. The molecule has 0 amide bonds. The molecule has 4 bridgehead atoms. The summed E-state index contributed by atoms with van der Waals surface area (Å²) in [6.07, 6.45) is 10.9. The lowest BCUT2D eigenvalue weighted by molar-refractivity contribution is -0.00426. The molecule has 4 aliphatic rings. The molecule has 4 heteroatoms. The molecule has 0 atom stereocenters. The van der Waals surface area contributed by atoms with Gasteiger partial charge in [0.1, 0.15) is 0 Å². The number of rotatable bonds is 2. The fraction of sp³-hybridized carbons (Fsp3) is 0.714. The molecule has 0 radical (unpaired) electrons. The SMILES string of the molecule is NNc1cnc(C2C3CC4CC(C3)CC2C4)cn1. The van der Waals surface area contributed by atoms with E-state index >= 15 is 0 Å². The number of hydrogen-bond donors (Lipinski definition) is 2. The van der Waals surface area contributed by atoms with Crippen molar-refractivity contribution in [2.45, 2.75) is 38.0 Å². The maximum atomic E-state index is 5.34. The topological polar surface area (TPSA) is 63.8 Å². The van der Waals surface area contributed by atoms with Gasteiger partial charge >= 0.3 is 0 Å². The van der Waals surface area contributed by atoms with Gasteiger partial charge in [0.2, 0.25) is 0 Å². The highest BCUT2D eigenvalue weighted by atomic mass is 15.3. The Morgan fingerprint density at radius 1 is 0.944 bits per heavy atom. The second-order valence-corrected chi connectivity index (χ2v) is 6.43. The number of nitrogens with one attached hydrogen (secondary N) is 1. The van der Waals surface area contributed by atoms with Gasteiger partial charge in [-0.1, -0.05) is 0 Å². The van der Waals surface area contributed by atoms with Gasteiger partial charge in [-0.25, -0.2) is 10.8 Å². The van der Waals surface area contributed by atoms with E-state index in [0.29, 0.717) is 11.7 Å². The fourth-order valence-electron chi connectivity index (χ4n) is 4.99. The first-order chi connectivity index (χ1) is 8.83. The number of hydrazine groups is 1. The molecule has 96 valence electrons. The van der Waals surface area contributed by atoms with Crippen LogP contribution in [0.2, 0.25) is 0 Å². The fourth-order valence-corrected chi connectivity index (χ4v) is 4.99. The van der Waals surface area contributed by atoms with Crippen LogP contribution in [0, 0.1) is 23.7 Å². The molecule has 4 fully saturated rings. The van der Waals surface area contributed by atoms with Crippen molar-refractivity contribution in [2.24, 2.45) is 29.5 Å². The van der Waals surface area contributed by atoms with Gasteiger partial charge in [0.15, 0.2) is 5.82 Å². The maximum absolute atomic E-state index is 5.34. The third-order valence-corrected chi connectivity index (χ3v) is 5.39. The van der Waals surface area contributed by atoms with E-state index in [1.807, 2.05) is 6.20 Å². The molecule has 3 N–H and O–H groups in total. The molecule has 4 aliphatic carbocycles. The van der Waals surface area contributed by atoms with Crippen LogP contribution in [0.4, 0.5) is 5.82 Å². The number of aromatic nitrogens is 2. The van der Waals surface area contributed by atoms with E-state index in [1.165, 1.54) is 37.8 Å². The zero-order valence-corrected chi connectivity index (χ0v) is 10.5. The van der Waals surface area contributed by atoms with Crippen molar-refractivity contribution in [1.82, 2.24) is 9.97 Å². The molecule has 0 aromatic carbocycles. The maximum Gasteiger partial charge on any atom is 0.158 e. The predicted molar refractivity (Wildman–Crippen MR) is 69.6 cm³/mol. The summed E-state index contributed by atoms with van der Waals surface area (Å²) >= 11 is 0. The third kappa shape index (κ3) is 1.55. The van der Waals surface area contributed by atoms with E-state index in [1.54, 1.807) is 6.20 Å². The van der Waals surface area contributed by atoms with Gasteiger partial charge in [0.25, 0.3) is 0 Å². The van der Waals surface area contributed by atoms with E-state index in [0.717, 1.165) is 23.7 Å². The molecule has 5 rings (SSSR count). The van der Waals surface area contributed by atoms with Crippen LogP contribution in [-0.4, -0.2) is 9.97 Å². The standard InChI is InChI=1S/C14H20N4/c15-18-13-7-16-12(6-17-13)14-10-2-8-1-9(4-10)5-11(14)3-8/h6-11,14H,1-5,15H2,(H,17,18). The summed E-state index contributed by atoms with van der Waals surface area (Å²) in [7, 11) is 0. The van der Waals surface area contributed by atoms with Gasteiger partial charge in [-0.05, 0) is 55.8 Å². The smallest absolute Gasteiger partial charge is 0.158 e. The Hall–Kier alpha value is -1.16. The number of anilines is 1. The van der Waals surface area contributed by atoms with Gasteiger partial charge in [-0.2, -0.15) is 0 Å². The van der Waals surface area contributed by atoms with Crippen LogP contribution in [0.1, 0.15) is 43.7 Å². The van der Waals surface area contributed by atoms with Gasteiger partial charge in [0, 0.05) is 5.92 Å². The Bertz CT molecular complexity index is 414. The van der Waals surface area contributed by atoms with Crippen molar-refractivity contribution in [3.8, 4) is 0 Å². The Kier molecular flexibility index (Phi) is 2.34. The van der Waals surface area contributed by atoms with Crippen molar-refractivity contribution in [1.29, 1.82) is 0 Å². The average Bonchev–Trinajstić information content (AvgIpc) is 2.38. The first-order valence-corrected chi connectivity index (χ1v) is 7.12. The van der Waals surface area contributed by atoms with E-state index in [2.05, 4.69) is 15.4 Å². The second kappa shape index (κ2) is 3.92. The molecule has 0 aliphatic heterocycles. The predicted octanol–water partition coefficient (Wildman–Crippen LogP) is 2.30. The first-order valence-electron chi connectivity index (χ1n) is 7.12. The lowest BCUT2D eigenvalue weighted by Gasteiger charge is -2.54. The van der Waals surface area contributed by atoms with E-state index in [4.69, 9.17) is 5.84 Å². The van der Waals surface area contributed by atoms with Crippen LogP contribution in [-0.2, 0) is 0 Å². The summed E-state index contributed by atoms with van der Waals surface area (Å²) < 4.78 is 0. The lowest BCUT2D eigenvalue weighted by Crippen LogP contribution is -2.44. The minimum atomic E-state index is 0.655. The lowest BCUT2D eigenvalue weighted by atomic mass is 9.51. The van der Waals surface area contributed by atoms with E-state index in [9.17, 15) is 0 Å². The minimum Gasteiger partial charge on any atom is -0.307 e. The average molecular weight is 244 g/mol. The summed E-state index contributed by atoms with van der Waals surface area (Å²) in [6.45, 7) is 0. The number of hydrogen-bond acceptors (Lipinski definition) is 4. The molecule has 1 aromatic rings. The van der Waals surface area contributed by atoms with Crippen LogP contribution in [0.3, 0.4) is 0 Å². The van der Waals surface area contributed by atoms with Crippen molar-refractivity contribution in [3.63, 3.8) is 0 Å². The summed E-state index contributed by atoms with van der Waals surface area (Å²) in [5, 5.41) is 0.